The number of nitrogens with zero attached hydrogens (tertiary/aromatic N) is 2. The highest BCUT2D eigenvalue weighted by Crippen LogP contribution is 2.21. The number of hydrazone groups is 1. The summed E-state index contributed by atoms with van der Waals surface area (Å²) in [4.78, 5) is 22.0. The number of amides is 1. The lowest BCUT2D eigenvalue weighted by molar-refractivity contribution is -0.384. The Balaban J connectivity index is 1.94. The maximum atomic E-state index is 11.8. The van der Waals surface area contributed by atoms with Crippen LogP contribution in [0.25, 0.3) is 0 Å². The molecule has 2 aromatic rings. The van der Waals surface area contributed by atoms with E-state index in [2.05, 4.69) is 10.5 Å². The number of hydrogen-bond donors (Lipinski definition) is 2. The van der Waals surface area contributed by atoms with E-state index in [0.717, 1.165) is 23.6 Å². The van der Waals surface area contributed by atoms with E-state index in [0.29, 0.717) is 6.61 Å². The lowest BCUT2D eigenvalue weighted by atomic mass is 10.1. The standard InChI is InChI=1S/C17H17N3O5/c1-2-25-15-6-3-12(4-7-15)9-17(22)19-18-11-13-10-14(20(23)24)5-8-16(13)21/h3-8,10-11,21H,2,9H2,1H3,(H,19,22)/b18-11+. The van der Waals surface area contributed by atoms with Gasteiger partial charge in [0, 0.05) is 17.7 Å². The molecule has 8 heteroatoms. The van der Waals surface area contributed by atoms with Crippen molar-refractivity contribution in [2.75, 3.05) is 6.61 Å². The van der Waals surface area contributed by atoms with Gasteiger partial charge in [0.15, 0.2) is 0 Å². The average Bonchev–Trinajstić information content (AvgIpc) is 2.58. The number of phenols is 1. The zero-order valence-electron chi connectivity index (χ0n) is 13.5. The minimum absolute atomic E-state index is 0.116. The molecule has 0 fully saturated rings. The molecule has 0 unspecified atom stereocenters. The molecule has 0 atom stereocenters. The summed E-state index contributed by atoms with van der Waals surface area (Å²) >= 11 is 0. The smallest absolute Gasteiger partial charge is 0.270 e. The molecule has 0 saturated heterocycles. The molecule has 8 nitrogen and oxygen atoms in total. The van der Waals surface area contributed by atoms with Gasteiger partial charge in [-0.1, -0.05) is 12.1 Å². The number of benzene rings is 2. The molecule has 0 aliphatic carbocycles. The van der Waals surface area contributed by atoms with Gasteiger partial charge in [-0.25, -0.2) is 5.43 Å². The van der Waals surface area contributed by atoms with Crippen LogP contribution in [0.15, 0.2) is 47.6 Å². The second kappa shape index (κ2) is 8.44. The van der Waals surface area contributed by atoms with Crippen molar-refractivity contribution in [3.8, 4) is 11.5 Å². The minimum Gasteiger partial charge on any atom is -0.507 e. The van der Waals surface area contributed by atoms with Gasteiger partial charge in [-0.3, -0.25) is 14.9 Å². The molecular formula is C17H17N3O5. The quantitative estimate of drug-likeness (QED) is 0.455. The van der Waals surface area contributed by atoms with Crippen molar-refractivity contribution in [3.63, 3.8) is 0 Å². The van der Waals surface area contributed by atoms with Crippen molar-refractivity contribution in [3.05, 3.63) is 63.7 Å². The van der Waals surface area contributed by atoms with Crippen LogP contribution in [0.2, 0.25) is 0 Å². The average molecular weight is 343 g/mol. The van der Waals surface area contributed by atoms with Gasteiger partial charge in [-0.05, 0) is 30.7 Å². The Kier molecular flexibility index (Phi) is 6.05. The SMILES string of the molecule is CCOc1ccc(CC(=O)N/N=C/c2cc([N+](=O)[O-])ccc2O)cc1. The first kappa shape index (κ1) is 17.9. The molecule has 2 aromatic carbocycles. The molecule has 1 amide bonds. The molecule has 0 aliphatic heterocycles. The summed E-state index contributed by atoms with van der Waals surface area (Å²) in [5, 5.41) is 24.1. The molecule has 2 rings (SSSR count). The molecule has 0 aromatic heterocycles. The summed E-state index contributed by atoms with van der Waals surface area (Å²) in [5.74, 6) is 0.200. The van der Waals surface area contributed by atoms with E-state index >= 15 is 0 Å². The van der Waals surface area contributed by atoms with Crippen LogP contribution in [0.4, 0.5) is 5.69 Å². The fourth-order valence-electron chi connectivity index (χ4n) is 2.03. The monoisotopic (exact) mass is 343 g/mol. The number of phenolic OH excluding ortho intramolecular Hbond substituents is 1. The van der Waals surface area contributed by atoms with Crippen LogP contribution in [0.3, 0.4) is 0 Å². The largest absolute Gasteiger partial charge is 0.507 e. The van der Waals surface area contributed by atoms with Crippen LogP contribution >= 0.6 is 0 Å². The molecule has 0 radical (unpaired) electrons. The fraction of sp³-hybridized carbons (Fsp3) is 0.176. The molecule has 25 heavy (non-hydrogen) atoms. The highest BCUT2D eigenvalue weighted by molar-refractivity contribution is 5.86. The van der Waals surface area contributed by atoms with Crippen LogP contribution in [0.5, 0.6) is 11.5 Å². The Labute approximate surface area is 143 Å². The van der Waals surface area contributed by atoms with E-state index in [-0.39, 0.29) is 29.3 Å². The van der Waals surface area contributed by atoms with Crippen molar-refractivity contribution < 1.29 is 19.6 Å². The van der Waals surface area contributed by atoms with E-state index in [4.69, 9.17) is 4.74 Å². The first-order valence-electron chi connectivity index (χ1n) is 7.50. The molecule has 0 bridgehead atoms. The number of rotatable bonds is 7. The third-order valence-corrected chi connectivity index (χ3v) is 3.21. The van der Waals surface area contributed by atoms with Crippen LogP contribution in [0.1, 0.15) is 18.1 Å². The Morgan fingerprint density at radius 2 is 2.04 bits per heavy atom. The Morgan fingerprint density at radius 1 is 1.32 bits per heavy atom. The Morgan fingerprint density at radius 3 is 2.68 bits per heavy atom. The van der Waals surface area contributed by atoms with Crippen LogP contribution < -0.4 is 10.2 Å². The van der Waals surface area contributed by atoms with E-state index in [1.165, 1.54) is 12.1 Å². The topological polar surface area (TPSA) is 114 Å². The summed E-state index contributed by atoms with van der Waals surface area (Å²) in [7, 11) is 0. The van der Waals surface area contributed by atoms with Gasteiger partial charge in [-0.15, -0.1) is 0 Å². The fourth-order valence-corrected chi connectivity index (χ4v) is 2.03. The highest BCUT2D eigenvalue weighted by Gasteiger charge is 2.09. The van der Waals surface area contributed by atoms with Crippen molar-refractivity contribution in [1.29, 1.82) is 0 Å². The molecular weight excluding hydrogens is 326 g/mol. The molecule has 0 saturated carbocycles. The minimum atomic E-state index is -0.582. The number of ether oxygens (including phenoxy) is 1. The van der Waals surface area contributed by atoms with E-state index in [9.17, 15) is 20.0 Å². The Hall–Kier alpha value is -3.42. The third-order valence-electron chi connectivity index (χ3n) is 3.21. The molecule has 0 spiro atoms. The second-order valence-electron chi connectivity index (χ2n) is 5.05. The van der Waals surface area contributed by atoms with Gasteiger partial charge in [0.25, 0.3) is 5.69 Å². The molecule has 0 aliphatic rings. The van der Waals surface area contributed by atoms with Gasteiger partial charge in [0.05, 0.1) is 24.2 Å². The molecule has 130 valence electrons. The second-order valence-corrected chi connectivity index (χ2v) is 5.05. The number of aromatic hydroxyl groups is 1. The van der Waals surface area contributed by atoms with Crippen molar-refractivity contribution in [2.24, 2.45) is 5.10 Å². The highest BCUT2D eigenvalue weighted by atomic mass is 16.6. The number of nitrogens with one attached hydrogen (secondary N) is 1. The molecule has 2 N–H and O–H groups in total. The van der Waals surface area contributed by atoms with Crippen molar-refractivity contribution in [2.45, 2.75) is 13.3 Å². The summed E-state index contributed by atoms with van der Waals surface area (Å²) in [6.07, 6.45) is 1.27. The summed E-state index contributed by atoms with van der Waals surface area (Å²) < 4.78 is 5.32. The van der Waals surface area contributed by atoms with E-state index < -0.39 is 4.92 Å². The molecule has 0 heterocycles. The van der Waals surface area contributed by atoms with Gasteiger partial charge >= 0.3 is 0 Å². The summed E-state index contributed by atoms with van der Waals surface area (Å²) in [6.45, 7) is 2.46. The predicted octanol–water partition coefficient (Wildman–Crippen LogP) is 2.39. The van der Waals surface area contributed by atoms with Crippen LogP contribution in [-0.4, -0.2) is 28.8 Å². The maximum Gasteiger partial charge on any atom is 0.270 e. The summed E-state index contributed by atoms with van der Waals surface area (Å²) in [6, 6.07) is 10.6. The van der Waals surface area contributed by atoms with Crippen molar-refractivity contribution in [1.82, 2.24) is 5.43 Å². The van der Waals surface area contributed by atoms with E-state index in [1.807, 2.05) is 6.92 Å². The van der Waals surface area contributed by atoms with E-state index in [1.54, 1.807) is 24.3 Å². The van der Waals surface area contributed by atoms with Crippen LogP contribution in [0, 0.1) is 10.1 Å². The van der Waals surface area contributed by atoms with Gasteiger partial charge in [-0.2, -0.15) is 5.10 Å². The Bertz CT molecular complexity index is 787. The van der Waals surface area contributed by atoms with Crippen LogP contribution in [-0.2, 0) is 11.2 Å². The lowest BCUT2D eigenvalue weighted by Gasteiger charge is -2.04. The number of hydrogen-bond acceptors (Lipinski definition) is 6. The predicted molar refractivity (Wildman–Crippen MR) is 91.8 cm³/mol. The maximum absolute atomic E-state index is 11.8. The zero-order chi connectivity index (χ0) is 18.2. The van der Waals surface area contributed by atoms with Gasteiger partial charge < -0.3 is 9.84 Å². The number of carbonyl (C=O) groups is 1. The first-order chi connectivity index (χ1) is 12.0. The summed E-state index contributed by atoms with van der Waals surface area (Å²) in [5.41, 5.74) is 3.05. The number of non-ortho nitro benzene ring substituents is 1. The zero-order valence-corrected chi connectivity index (χ0v) is 13.5. The first-order valence-corrected chi connectivity index (χ1v) is 7.50. The van der Waals surface area contributed by atoms with Crippen molar-refractivity contribution >= 4 is 17.8 Å². The lowest BCUT2D eigenvalue weighted by Crippen LogP contribution is -2.19. The van der Waals surface area contributed by atoms with Gasteiger partial charge in [0.1, 0.15) is 11.5 Å². The van der Waals surface area contributed by atoms with Gasteiger partial charge in [0.2, 0.25) is 5.91 Å². The number of nitro groups is 1. The number of carbonyl (C=O) groups excluding carboxylic acids is 1. The third kappa shape index (κ3) is 5.31. The normalized spacial score (nSPS) is 10.6. The number of nitro benzene ring substituents is 1.